The quantitative estimate of drug-likeness (QED) is 0.492. The van der Waals surface area contributed by atoms with Gasteiger partial charge in [0.15, 0.2) is 0 Å². The number of aliphatic carboxylic acids is 1. The Morgan fingerprint density at radius 1 is 1.32 bits per heavy atom. The van der Waals surface area contributed by atoms with E-state index in [4.69, 9.17) is 14.6 Å². The van der Waals surface area contributed by atoms with Crippen LogP contribution in [-0.2, 0) is 29.9 Å². The summed E-state index contributed by atoms with van der Waals surface area (Å²) >= 11 is 0. The Bertz CT molecular complexity index is 310. The van der Waals surface area contributed by atoms with Gasteiger partial charge >= 0.3 is 5.97 Å². The highest BCUT2D eigenvalue weighted by atomic mass is 32.2. The van der Waals surface area contributed by atoms with Gasteiger partial charge in [0.2, 0.25) is 5.91 Å². The topological polar surface area (TPSA) is 102 Å². The SMILES string of the molecule is COCCCOCCS(=O)CC(NC(C)=O)C(=O)O. The van der Waals surface area contributed by atoms with Gasteiger partial charge in [0.1, 0.15) is 6.04 Å². The van der Waals surface area contributed by atoms with E-state index in [1.54, 1.807) is 7.11 Å². The standard InChI is InChI=1S/C11H21NO6S/c1-9(13)12-10(11(14)15)8-19(16)7-6-18-5-3-4-17-2/h10H,3-8H2,1-2H3,(H,12,13)(H,14,15). The molecule has 0 heterocycles. The summed E-state index contributed by atoms with van der Waals surface area (Å²) in [6, 6.07) is -1.12. The maximum absolute atomic E-state index is 11.6. The Morgan fingerprint density at radius 2 is 2.00 bits per heavy atom. The molecule has 8 heteroatoms. The normalized spacial score (nSPS) is 13.8. The number of carboxylic acid groups (broad SMARTS) is 1. The molecule has 2 N–H and O–H groups in total. The smallest absolute Gasteiger partial charge is 0.327 e. The van der Waals surface area contributed by atoms with Gasteiger partial charge in [-0.15, -0.1) is 0 Å². The molecule has 7 nitrogen and oxygen atoms in total. The third-order valence-corrected chi connectivity index (χ3v) is 3.45. The van der Waals surface area contributed by atoms with Gasteiger partial charge in [0.25, 0.3) is 0 Å². The summed E-state index contributed by atoms with van der Waals surface area (Å²) < 4.78 is 21.7. The van der Waals surface area contributed by atoms with Crippen molar-refractivity contribution in [1.29, 1.82) is 0 Å². The van der Waals surface area contributed by atoms with E-state index >= 15 is 0 Å². The van der Waals surface area contributed by atoms with Crippen LogP contribution in [0, 0.1) is 0 Å². The molecule has 0 aliphatic carbocycles. The van der Waals surface area contributed by atoms with Crippen LogP contribution in [0.5, 0.6) is 0 Å². The van der Waals surface area contributed by atoms with Gasteiger partial charge in [-0.3, -0.25) is 9.00 Å². The maximum Gasteiger partial charge on any atom is 0.327 e. The van der Waals surface area contributed by atoms with E-state index < -0.39 is 28.7 Å². The van der Waals surface area contributed by atoms with Crippen LogP contribution in [0.15, 0.2) is 0 Å². The van der Waals surface area contributed by atoms with Crippen LogP contribution >= 0.6 is 0 Å². The van der Waals surface area contributed by atoms with Crippen molar-refractivity contribution >= 4 is 22.7 Å². The molecule has 0 aromatic heterocycles. The highest BCUT2D eigenvalue weighted by molar-refractivity contribution is 7.85. The zero-order valence-electron chi connectivity index (χ0n) is 11.2. The monoisotopic (exact) mass is 295 g/mol. The summed E-state index contributed by atoms with van der Waals surface area (Å²) in [5, 5.41) is 11.1. The molecule has 0 aromatic rings. The molecule has 0 fully saturated rings. The average molecular weight is 295 g/mol. The highest BCUT2D eigenvalue weighted by Crippen LogP contribution is 1.93. The first kappa shape index (κ1) is 18.0. The number of hydrogen-bond donors (Lipinski definition) is 2. The van der Waals surface area contributed by atoms with Crippen LogP contribution in [0.4, 0.5) is 0 Å². The molecule has 0 rings (SSSR count). The zero-order chi connectivity index (χ0) is 14.7. The molecule has 0 aliphatic heterocycles. The third kappa shape index (κ3) is 10.6. The number of ether oxygens (including phenoxy) is 2. The minimum Gasteiger partial charge on any atom is -0.480 e. The summed E-state index contributed by atoms with van der Waals surface area (Å²) in [6.45, 7) is 2.63. The van der Waals surface area contributed by atoms with Crippen molar-refractivity contribution in [2.24, 2.45) is 0 Å². The summed E-state index contributed by atoms with van der Waals surface area (Å²) in [6.07, 6.45) is 0.757. The number of methoxy groups -OCH3 is 1. The van der Waals surface area contributed by atoms with E-state index in [0.717, 1.165) is 6.42 Å². The van der Waals surface area contributed by atoms with E-state index in [-0.39, 0.29) is 11.5 Å². The Morgan fingerprint density at radius 3 is 2.53 bits per heavy atom. The van der Waals surface area contributed by atoms with Crippen molar-refractivity contribution in [2.75, 3.05) is 38.4 Å². The van der Waals surface area contributed by atoms with Crippen LogP contribution < -0.4 is 5.32 Å². The van der Waals surface area contributed by atoms with E-state index in [1.165, 1.54) is 6.92 Å². The van der Waals surface area contributed by atoms with Gasteiger partial charge in [0.05, 0.1) is 12.4 Å². The molecule has 112 valence electrons. The van der Waals surface area contributed by atoms with Crippen LogP contribution in [-0.4, -0.2) is 65.7 Å². The first-order valence-electron chi connectivity index (χ1n) is 5.89. The fourth-order valence-corrected chi connectivity index (χ4v) is 2.32. The van der Waals surface area contributed by atoms with Crippen molar-refractivity contribution in [2.45, 2.75) is 19.4 Å². The van der Waals surface area contributed by atoms with Crippen LogP contribution in [0.2, 0.25) is 0 Å². The predicted octanol–water partition coefficient (Wildman–Crippen LogP) is -0.622. The van der Waals surface area contributed by atoms with Gasteiger partial charge in [-0.25, -0.2) is 4.79 Å². The molecular weight excluding hydrogens is 274 g/mol. The van der Waals surface area contributed by atoms with Gasteiger partial charge in [0, 0.05) is 43.8 Å². The number of carbonyl (C=O) groups excluding carboxylic acids is 1. The molecule has 0 bridgehead atoms. The van der Waals surface area contributed by atoms with E-state index in [0.29, 0.717) is 19.8 Å². The molecular formula is C11H21NO6S. The largest absolute Gasteiger partial charge is 0.480 e. The van der Waals surface area contributed by atoms with Gasteiger partial charge < -0.3 is 19.9 Å². The predicted molar refractivity (Wildman–Crippen MR) is 70.4 cm³/mol. The summed E-state index contributed by atoms with van der Waals surface area (Å²) in [5.41, 5.74) is 0. The molecule has 19 heavy (non-hydrogen) atoms. The number of amides is 1. The second-order valence-corrected chi connectivity index (χ2v) is 5.48. The van der Waals surface area contributed by atoms with Crippen molar-refractivity contribution < 1.29 is 28.4 Å². The fraction of sp³-hybridized carbons (Fsp3) is 0.818. The van der Waals surface area contributed by atoms with Gasteiger partial charge in [-0.2, -0.15) is 0 Å². The lowest BCUT2D eigenvalue weighted by atomic mass is 10.3. The maximum atomic E-state index is 11.6. The molecule has 0 spiro atoms. The molecule has 0 saturated heterocycles. The molecule has 0 aliphatic rings. The fourth-order valence-electron chi connectivity index (χ4n) is 1.25. The summed E-state index contributed by atoms with van der Waals surface area (Å²) in [5.74, 6) is -1.52. The second-order valence-electron chi connectivity index (χ2n) is 3.86. The third-order valence-electron chi connectivity index (χ3n) is 2.12. The number of rotatable bonds is 11. The van der Waals surface area contributed by atoms with Crippen molar-refractivity contribution in [1.82, 2.24) is 5.32 Å². The first-order valence-corrected chi connectivity index (χ1v) is 7.37. The van der Waals surface area contributed by atoms with Crippen LogP contribution in [0.25, 0.3) is 0 Å². The lowest BCUT2D eigenvalue weighted by Gasteiger charge is -2.12. The number of carbonyl (C=O) groups is 2. The minimum absolute atomic E-state index is 0.115. The van der Waals surface area contributed by atoms with E-state index in [9.17, 15) is 13.8 Å². The Labute approximate surface area is 115 Å². The summed E-state index contributed by atoms with van der Waals surface area (Å²) in [4.78, 5) is 21.6. The average Bonchev–Trinajstić information content (AvgIpc) is 2.32. The Balaban J connectivity index is 3.81. The first-order chi connectivity index (χ1) is 8.97. The number of carboxylic acids is 1. The molecule has 2 unspecified atom stereocenters. The minimum atomic E-state index is -1.35. The van der Waals surface area contributed by atoms with Crippen LogP contribution in [0.1, 0.15) is 13.3 Å². The highest BCUT2D eigenvalue weighted by Gasteiger charge is 2.20. The molecule has 0 aromatic carbocycles. The Kier molecular flexibility index (Phi) is 10.3. The van der Waals surface area contributed by atoms with Crippen molar-refractivity contribution in [3.63, 3.8) is 0 Å². The van der Waals surface area contributed by atoms with Crippen molar-refractivity contribution in [3.05, 3.63) is 0 Å². The number of nitrogens with one attached hydrogen (secondary N) is 1. The zero-order valence-corrected chi connectivity index (χ0v) is 12.0. The molecule has 2 atom stereocenters. The Hall–Kier alpha value is -0.990. The van der Waals surface area contributed by atoms with Gasteiger partial charge in [-0.1, -0.05) is 0 Å². The molecule has 0 radical (unpaired) electrons. The van der Waals surface area contributed by atoms with Crippen molar-refractivity contribution in [3.8, 4) is 0 Å². The van der Waals surface area contributed by atoms with Crippen LogP contribution in [0.3, 0.4) is 0 Å². The number of hydrogen-bond acceptors (Lipinski definition) is 5. The molecule has 1 amide bonds. The van der Waals surface area contributed by atoms with E-state index in [2.05, 4.69) is 5.32 Å². The van der Waals surface area contributed by atoms with Gasteiger partial charge in [-0.05, 0) is 6.42 Å². The van der Waals surface area contributed by atoms with E-state index in [1.807, 2.05) is 0 Å². The lowest BCUT2D eigenvalue weighted by Crippen LogP contribution is -2.43. The second kappa shape index (κ2) is 10.9. The molecule has 0 saturated carbocycles. The lowest BCUT2D eigenvalue weighted by molar-refractivity contribution is -0.140. The summed E-state index contributed by atoms with van der Waals surface area (Å²) in [7, 11) is 0.254.